The maximum absolute atomic E-state index is 9.67. The second-order valence-electron chi connectivity index (χ2n) is 3.70. The molecule has 0 spiro atoms. The van der Waals surface area contributed by atoms with Crippen molar-refractivity contribution in [3.8, 4) is 0 Å². The molecule has 0 aliphatic heterocycles. The van der Waals surface area contributed by atoms with E-state index in [-0.39, 0.29) is 6.10 Å². The number of aliphatic hydroxyl groups excluding tert-OH is 1. The van der Waals surface area contributed by atoms with Crippen LogP contribution in [0.15, 0.2) is 18.3 Å². The monoisotopic (exact) mass is 178 g/mol. The van der Waals surface area contributed by atoms with E-state index in [1.165, 1.54) is 12.8 Å². The van der Waals surface area contributed by atoms with Crippen molar-refractivity contribution in [1.29, 1.82) is 0 Å². The minimum Gasteiger partial charge on any atom is -0.392 e. The molecule has 3 nitrogen and oxygen atoms in total. The molecule has 1 atom stereocenters. The van der Waals surface area contributed by atoms with Gasteiger partial charge in [0.2, 0.25) is 0 Å². The van der Waals surface area contributed by atoms with E-state index in [4.69, 9.17) is 5.73 Å². The fraction of sp³-hybridized carbons (Fsp3) is 0.500. The lowest BCUT2D eigenvalue weighted by Gasteiger charge is -2.08. The van der Waals surface area contributed by atoms with Crippen LogP contribution in [0, 0.1) is 5.92 Å². The van der Waals surface area contributed by atoms with Crippen LogP contribution in [0.4, 0.5) is 5.82 Å². The van der Waals surface area contributed by atoms with Crippen LogP contribution < -0.4 is 5.73 Å². The van der Waals surface area contributed by atoms with Crippen molar-refractivity contribution in [2.45, 2.75) is 25.4 Å². The highest BCUT2D eigenvalue weighted by molar-refractivity contribution is 5.32. The zero-order valence-electron chi connectivity index (χ0n) is 7.48. The average Bonchev–Trinajstić information content (AvgIpc) is 2.85. The van der Waals surface area contributed by atoms with E-state index in [1.807, 2.05) is 12.1 Å². The molecule has 1 aromatic rings. The van der Waals surface area contributed by atoms with Crippen LogP contribution in [0.25, 0.3) is 0 Å². The average molecular weight is 178 g/mol. The number of pyridine rings is 1. The Labute approximate surface area is 77.6 Å². The van der Waals surface area contributed by atoms with Crippen molar-refractivity contribution in [2.24, 2.45) is 5.92 Å². The first-order valence-electron chi connectivity index (χ1n) is 4.64. The van der Waals surface area contributed by atoms with Gasteiger partial charge in [-0.2, -0.15) is 0 Å². The van der Waals surface area contributed by atoms with Gasteiger partial charge >= 0.3 is 0 Å². The Kier molecular flexibility index (Phi) is 2.19. The SMILES string of the molecule is Nc1cc(CC(O)C2CC2)ccn1. The zero-order chi connectivity index (χ0) is 9.26. The normalized spacial score (nSPS) is 18.5. The summed E-state index contributed by atoms with van der Waals surface area (Å²) in [4.78, 5) is 3.90. The van der Waals surface area contributed by atoms with Crippen LogP contribution in [0.1, 0.15) is 18.4 Å². The van der Waals surface area contributed by atoms with Crippen molar-refractivity contribution in [3.63, 3.8) is 0 Å². The highest BCUT2D eigenvalue weighted by atomic mass is 16.3. The summed E-state index contributed by atoms with van der Waals surface area (Å²) in [6.45, 7) is 0. The summed E-state index contributed by atoms with van der Waals surface area (Å²) in [5.74, 6) is 1.05. The van der Waals surface area contributed by atoms with Gasteiger partial charge in [0.1, 0.15) is 5.82 Å². The van der Waals surface area contributed by atoms with Crippen LogP contribution in [-0.4, -0.2) is 16.2 Å². The Hall–Kier alpha value is -1.09. The van der Waals surface area contributed by atoms with Crippen LogP contribution in [0.5, 0.6) is 0 Å². The molecule has 1 aliphatic rings. The molecule has 0 saturated heterocycles. The molecule has 3 N–H and O–H groups in total. The van der Waals surface area contributed by atoms with Gasteiger partial charge in [0, 0.05) is 6.20 Å². The van der Waals surface area contributed by atoms with Gasteiger partial charge in [-0.25, -0.2) is 4.98 Å². The van der Waals surface area contributed by atoms with Crippen molar-refractivity contribution < 1.29 is 5.11 Å². The second-order valence-corrected chi connectivity index (χ2v) is 3.70. The number of aromatic nitrogens is 1. The predicted octanol–water partition coefficient (Wildman–Crippen LogP) is 0.977. The van der Waals surface area contributed by atoms with E-state index in [2.05, 4.69) is 4.98 Å². The fourth-order valence-electron chi connectivity index (χ4n) is 1.51. The molecule has 1 aliphatic carbocycles. The Balaban J connectivity index is 2.00. The lowest BCUT2D eigenvalue weighted by molar-refractivity contribution is 0.151. The summed E-state index contributed by atoms with van der Waals surface area (Å²) >= 11 is 0. The van der Waals surface area contributed by atoms with Gasteiger partial charge in [0.25, 0.3) is 0 Å². The Morgan fingerprint density at radius 2 is 2.38 bits per heavy atom. The Bertz CT molecular complexity index is 297. The zero-order valence-corrected chi connectivity index (χ0v) is 7.48. The second kappa shape index (κ2) is 3.34. The lowest BCUT2D eigenvalue weighted by Crippen LogP contribution is -2.12. The van der Waals surface area contributed by atoms with Gasteiger partial charge in [-0.1, -0.05) is 0 Å². The summed E-state index contributed by atoms with van der Waals surface area (Å²) in [7, 11) is 0. The minimum atomic E-state index is -0.193. The molecular weight excluding hydrogens is 164 g/mol. The van der Waals surface area contributed by atoms with Crippen molar-refractivity contribution in [2.75, 3.05) is 5.73 Å². The molecule has 1 aromatic heterocycles. The van der Waals surface area contributed by atoms with Crippen molar-refractivity contribution in [3.05, 3.63) is 23.9 Å². The van der Waals surface area contributed by atoms with E-state index < -0.39 is 0 Å². The highest BCUT2D eigenvalue weighted by Crippen LogP contribution is 2.33. The maximum atomic E-state index is 9.67. The van der Waals surface area contributed by atoms with Crippen LogP contribution in [-0.2, 0) is 6.42 Å². The Morgan fingerprint density at radius 1 is 1.62 bits per heavy atom. The number of aliphatic hydroxyl groups is 1. The van der Waals surface area contributed by atoms with Gasteiger partial charge in [-0.15, -0.1) is 0 Å². The molecule has 2 rings (SSSR count). The minimum absolute atomic E-state index is 0.193. The molecule has 1 unspecified atom stereocenters. The smallest absolute Gasteiger partial charge is 0.123 e. The molecule has 0 radical (unpaired) electrons. The maximum Gasteiger partial charge on any atom is 0.123 e. The van der Waals surface area contributed by atoms with E-state index in [9.17, 15) is 5.11 Å². The van der Waals surface area contributed by atoms with Crippen LogP contribution in [0.2, 0.25) is 0 Å². The summed E-state index contributed by atoms with van der Waals surface area (Å²) in [6, 6.07) is 3.73. The number of nitrogens with two attached hydrogens (primary N) is 1. The number of nitrogens with zero attached hydrogens (tertiary/aromatic N) is 1. The molecular formula is C10H14N2O. The van der Waals surface area contributed by atoms with Crippen LogP contribution in [0.3, 0.4) is 0 Å². The third kappa shape index (κ3) is 2.18. The van der Waals surface area contributed by atoms with E-state index in [0.717, 1.165) is 5.56 Å². The molecule has 0 aromatic carbocycles. The number of hydrogen-bond acceptors (Lipinski definition) is 3. The highest BCUT2D eigenvalue weighted by Gasteiger charge is 2.29. The van der Waals surface area contributed by atoms with Crippen molar-refractivity contribution >= 4 is 5.82 Å². The van der Waals surface area contributed by atoms with Crippen molar-refractivity contribution in [1.82, 2.24) is 4.98 Å². The summed E-state index contributed by atoms with van der Waals surface area (Å²) in [6.07, 6.45) is 4.53. The molecule has 13 heavy (non-hydrogen) atoms. The number of rotatable bonds is 3. The molecule has 0 bridgehead atoms. The van der Waals surface area contributed by atoms with Gasteiger partial charge < -0.3 is 10.8 Å². The summed E-state index contributed by atoms with van der Waals surface area (Å²) in [5, 5.41) is 9.67. The molecule has 70 valence electrons. The van der Waals surface area contributed by atoms with E-state index >= 15 is 0 Å². The lowest BCUT2D eigenvalue weighted by atomic mass is 10.1. The van der Waals surface area contributed by atoms with Gasteiger partial charge in [-0.05, 0) is 42.9 Å². The van der Waals surface area contributed by atoms with Gasteiger partial charge in [0.05, 0.1) is 6.10 Å². The molecule has 1 fully saturated rings. The van der Waals surface area contributed by atoms with E-state index in [0.29, 0.717) is 18.2 Å². The first-order chi connectivity index (χ1) is 6.25. The molecule has 1 heterocycles. The summed E-state index contributed by atoms with van der Waals surface area (Å²) < 4.78 is 0. The topological polar surface area (TPSA) is 59.1 Å². The number of nitrogen functional groups attached to an aromatic ring is 1. The standard InChI is InChI=1S/C10H14N2O/c11-10-6-7(3-4-12-10)5-9(13)8-1-2-8/h3-4,6,8-9,13H,1-2,5H2,(H2,11,12). The first-order valence-corrected chi connectivity index (χ1v) is 4.64. The quantitative estimate of drug-likeness (QED) is 0.725. The predicted molar refractivity (Wildman–Crippen MR) is 51.1 cm³/mol. The fourth-order valence-corrected chi connectivity index (χ4v) is 1.51. The Morgan fingerprint density at radius 3 is 3.00 bits per heavy atom. The van der Waals surface area contributed by atoms with Gasteiger partial charge in [-0.3, -0.25) is 0 Å². The van der Waals surface area contributed by atoms with E-state index in [1.54, 1.807) is 6.20 Å². The number of hydrogen-bond donors (Lipinski definition) is 2. The third-order valence-corrected chi connectivity index (χ3v) is 2.46. The molecule has 1 saturated carbocycles. The summed E-state index contributed by atoms with van der Waals surface area (Å²) in [5.41, 5.74) is 6.61. The van der Waals surface area contributed by atoms with Crippen LogP contribution >= 0.6 is 0 Å². The third-order valence-electron chi connectivity index (χ3n) is 2.46. The molecule has 3 heteroatoms. The molecule has 0 amide bonds. The first kappa shape index (κ1) is 8.51. The van der Waals surface area contributed by atoms with Gasteiger partial charge in [0.15, 0.2) is 0 Å². The number of anilines is 1. The largest absolute Gasteiger partial charge is 0.392 e.